The second kappa shape index (κ2) is 6.81. The van der Waals surface area contributed by atoms with E-state index in [1.807, 2.05) is 20.8 Å². The van der Waals surface area contributed by atoms with Crippen molar-refractivity contribution in [1.29, 1.82) is 0 Å². The Morgan fingerprint density at radius 1 is 1.41 bits per heavy atom. The normalized spacial score (nSPS) is 16.4. The first-order chi connectivity index (χ1) is 10.3. The summed E-state index contributed by atoms with van der Waals surface area (Å²) >= 11 is 0. The molecule has 1 aromatic rings. The number of aromatic amines is 1. The number of nitrogens with zero attached hydrogens (tertiary/aromatic N) is 2. The van der Waals surface area contributed by atoms with Gasteiger partial charge in [-0.1, -0.05) is 0 Å². The van der Waals surface area contributed by atoms with Gasteiger partial charge in [-0.05, 0) is 39.5 Å². The highest BCUT2D eigenvalue weighted by Gasteiger charge is 2.27. The van der Waals surface area contributed by atoms with E-state index < -0.39 is 5.60 Å². The second-order valence-corrected chi connectivity index (χ2v) is 6.63. The summed E-state index contributed by atoms with van der Waals surface area (Å²) in [5, 5.41) is 9.25. The topological polar surface area (TPSA) is 87.3 Å². The summed E-state index contributed by atoms with van der Waals surface area (Å²) in [6.07, 6.45) is 3.41. The van der Waals surface area contributed by atoms with E-state index in [0.717, 1.165) is 12.8 Å². The summed E-state index contributed by atoms with van der Waals surface area (Å²) in [5.74, 6) is 0.873. The molecule has 2 heterocycles. The fourth-order valence-corrected chi connectivity index (χ4v) is 2.44. The van der Waals surface area contributed by atoms with E-state index in [1.165, 1.54) is 0 Å². The number of amides is 2. The number of carbonyl (C=O) groups excluding carboxylic acids is 2. The third-order valence-electron chi connectivity index (χ3n) is 3.52. The number of anilines is 1. The number of piperidine rings is 1. The molecule has 2 rings (SSSR count). The maximum absolute atomic E-state index is 12.0. The van der Waals surface area contributed by atoms with Crippen LogP contribution in [-0.2, 0) is 9.53 Å². The van der Waals surface area contributed by atoms with Crippen molar-refractivity contribution in [3.05, 3.63) is 12.3 Å². The minimum atomic E-state index is -0.474. The number of nitrogens with one attached hydrogen (secondary N) is 2. The van der Waals surface area contributed by atoms with Crippen LogP contribution in [0, 0.1) is 5.92 Å². The highest BCUT2D eigenvalue weighted by molar-refractivity contribution is 5.89. The molecule has 1 aliphatic heterocycles. The van der Waals surface area contributed by atoms with Gasteiger partial charge in [-0.15, -0.1) is 0 Å². The first-order valence-corrected chi connectivity index (χ1v) is 7.60. The van der Waals surface area contributed by atoms with Crippen LogP contribution in [0.4, 0.5) is 10.6 Å². The van der Waals surface area contributed by atoms with Gasteiger partial charge in [-0.2, -0.15) is 5.10 Å². The smallest absolute Gasteiger partial charge is 0.410 e. The van der Waals surface area contributed by atoms with Gasteiger partial charge in [0.05, 0.1) is 6.20 Å². The Hall–Kier alpha value is -2.05. The minimum absolute atomic E-state index is 0.0278. The number of hydrogen-bond acceptors (Lipinski definition) is 4. The molecular weight excluding hydrogens is 284 g/mol. The Bertz CT molecular complexity index is 499. The van der Waals surface area contributed by atoms with Crippen LogP contribution < -0.4 is 5.32 Å². The van der Waals surface area contributed by atoms with Gasteiger partial charge in [0.15, 0.2) is 0 Å². The summed E-state index contributed by atoms with van der Waals surface area (Å²) in [5.41, 5.74) is -0.474. The second-order valence-electron chi connectivity index (χ2n) is 6.63. The predicted molar refractivity (Wildman–Crippen MR) is 82.4 cm³/mol. The molecule has 0 radical (unpaired) electrons. The van der Waals surface area contributed by atoms with Crippen molar-refractivity contribution in [3.8, 4) is 0 Å². The Kier molecular flexibility index (Phi) is 5.05. The third-order valence-corrected chi connectivity index (χ3v) is 3.52. The van der Waals surface area contributed by atoms with Gasteiger partial charge >= 0.3 is 6.09 Å². The molecule has 1 fully saturated rings. The molecule has 122 valence electrons. The lowest BCUT2D eigenvalue weighted by atomic mass is 9.93. The zero-order chi connectivity index (χ0) is 16.2. The van der Waals surface area contributed by atoms with Gasteiger partial charge in [0.2, 0.25) is 5.91 Å². The molecule has 1 saturated heterocycles. The standard InChI is InChI=1S/C15H24N4O3/c1-15(2,3)22-14(21)19-8-5-11(6-9-19)10-13(20)17-12-4-7-16-18-12/h4,7,11H,5-6,8-10H2,1-3H3,(H2,16,17,18,20). The first kappa shape index (κ1) is 16.3. The SMILES string of the molecule is CC(C)(C)OC(=O)N1CCC(CC(=O)Nc2ccn[nH]2)CC1. The van der Waals surface area contributed by atoms with Gasteiger partial charge in [-0.3, -0.25) is 9.89 Å². The minimum Gasteiger partial charge on any atom is -0.444 e. The van der Waals surface area contributed by atoms with Crippen molar-refractivity contribution in [1.82, 2.24) is 15.1 Å². The number of H-pyrrole nitrogens is 1. The molecule has 22 heavy (non-hydrogen) atoms. The lowest BCUT2D eigenvalue weighted by Crippen LogP contribution is -2.42. The Morgan fingerprint density at radius 2 is 2.09 bits per heavy atom. The average Bonchev–Trinajstić information content (AvgIpc) is 2.90. The van der Waals surface area contributed by atoms with Gasteiger partial charge in [0.25, 0.3) is 0 Å². The lowest BCUT2D eigenvalue weighted by molar-refractivity contribution is -0.117. The van der Waals surface area contributed by atoms with Gasteiger partial charge in [0.1, 0.15) is 11.4 Å². The van der Waals surface area contributed by atoms with Crippen LogP contribution >= 0.6 is 0 Å². The van der Waals surface area contributed by atoms with Gasteiger partial charge in [-0.25, -0.2) is 4.79 Å². The highest BCUT2D eigenvalue weighted by Crippen LogP contribution is 2.22. The van der Waals surface area contributed by atoms with E-state index in [4.69, 9.17) is 4.74 Å². The van der Waals surface area contributed by atoms with E-state index in [-0.39, 0.29) is 12.0 Å². The summed E-state index contributed by atoms with van der Waals surface area (Å²) in [6.45, 7) is 6.85. The number of carbonyl (C=O) groups is 2. The van der Waals surface area contributed by atoms with Gasteiger partial charge in [0, 0.05) is 25.6 Å². The maximum atomic E-state index is 12.0. The molecule has 0 spiro atoms. The zero-order valence-corrected chi connectivity index (χ0v) is 13.4. The van der Waals surface area contributed by atoms with E-state index >= 15 is 0 Å². The van der Waals surface area contributed by atoms with Crippen molar-refractivity contribution in [2.45, 2.75) is 45.6 Å². The average molecular weight is 308 g/mol. The fourth-order valence-electron chi connectivity index (χ4n) is 2.44. The molecule has 0 bridgehead atoms. The maximum Gasteiger partial charge on any atom is 0.410 e. The van der Waals surface area contributed by atoms with E-state index in [2.05, 4.69) is 15.5 Å². The molecule has 7 heteroatoms. The van der Waals surface area contributed by atoms with Crippen LogP contribution in [0.15, 0.2) is 12.3 Å². The van der Waals surface area contributed by atoms with Crippen LogP contribution in [0.2, 0.25) is 0 Å². The molecule has 1 aliphatic rings. The van der Waals surface area contributed by atoms with Crippen molar-refractivity contribution in [3.63, 3.8) is 0 Å². The van der Waals surface area contributed by atoms with Crippen LogP contribution in [0.25, 0.3) is 0 Å². The monoisotopic (exact) mass is 308 g/mol. The summed E-state index contributed by atoms with van der Waals surface area (Å²) < 4.78 is 5.36. The summed E-state index contributed by atoms with van der Waals surface area (Å²) in [4.78, 5) is 25.6. The molecule has 2 amide bonds. The molecule has 2 N–H and O–H groups in total. The van der Waals surface area contributed by atoms with E-state index in [9.17, 15) is 9.59 Å². The van der Waals surface area contributed by atoms with Crippen molar-refractivity contribution in [2.75, 3.05) is 18.4 Å². The zero-order valence-electron chi connectivity index (χ0n) is 13.4. The fraction of sp³-hybridized carbons (Fsp3) is 0.667. The van der Waals surface area contributed by atoms with Crippen molar-refractivity contribution >= 4 is 17.8 Å². The Morgan fingerprint density at radius 3 is 2.64 bits per heavy atom. The highest BCUT2D eigenvalue weighted by atomic mass is 16.6. The molecule has 7 nitrogen and oxygen atoms in total. The predicted octanol–water partition coefficient (Wildman–Crippen LogP) is 2.39. The van der Waals surface area contributed by atoms with Gasteiger partial charge < -0.3 is 15.0 Å². The molecule has 0 atom stereocenters. The van der Waals surface area contributed by atoms with Crippen LogP contribution in [0.3, 0.4) is 0 Å². The third kappa shape index (κ3) is 5.05. The quantitative estimate of drug-likeness (QED) is 0.897. The molecule has 1 aromatic heterocycles. The van der Waals surface area contributed by atoms with Crippen LogP contribution in [0.1, 0.15) is 40.0 Å². The Labute approximate surface area is 130 Å². The van der Waals surface area contributed by atoms with Crippen molar-refractivity contribution < 1.29 is 14.3 Å². The largest absolute Gasteiger partial charge is 0.444 e. The number of likely N-dealkylation sites (tertiary alicyclic amines) is 1. The van der Waals surface area contributed by atoms with E-state index in [0.29, 0.717) is 31.2 Å². The first-order valence-electron chi connectivity index (χ1n) is 7.60. The number of hydrogen-bond donors (Lipinski definition) is 2. The van der Waals surface area contributed by atoms with Crippen LogP contribution in [-0.4, -0.2) is 45.8 Å². The summed E-state index contributed by atoms with van der Waals surface area (Å²) in [7, 11) is 0. The number of rotatable bonds is 3. The number of ether oxygens (including phenoxy) is 1. The summed E-state index contributed by atoms with van der Waals surface area (Å²) in [6, 6.07) is 1.71. The van der Waals surface area contributed by atoms with E-state index in [1.54, 1.807) is 17.2 Å². The van der Waals surface area contributed by atoms with Crippen LogP contribution in [0.5, 0.6) is 0 Å². The lowest BCUT2D eigenvalue weighted by Gasteiger charge is -2.33. The molecular formula is C15H24N4O3. The Balaban J connectivity index is 1.73. The molecule has 0 saturated carbocycles. The number of aromatic nitrogens is 2. The molecule has 0 unspecified atom stereocenters. The molecule has 0 aromatic carbocycles. The molecule has 0 aliphatic carbocycles. The van der Waals surface area contributed by atoms with Crippen molar-refractivity contribution in [2.24, 2.45) is 5.92 Å².